The SMILES string of the molecule is CCCC[C@H](N)C(=O)NCc1cc2c(nc1OC)CN(C1CCCC1)C2=O. The zero-order valence-corrected chi connectivity index (χ0v) is 16.3. The summed E-state index contributed by atoms with van der Waals surface area (Å²) in [6.45, 7) is 2.86. The number of hydrogen-bond acceptors (Lipinski definition) is 5. The lowest BCUT2D eigenvalue weighted by molar-refractivity contribution is -0.122. The van der Waals surface area contributed by atoms with E-state index in [-0.39, 0.29) is 18.4 Å². The highest BCUT2D eigenvalue weighted by Gasteiger charge is 2.36. The van der Waals surface area contributed by atoms with Gasteiger partial charge in [0.05, 0.1) is 31.0 Å². The molecule has 3 rings (SSSR count). The highest BCUT2D eigenvalue weighted by molar-refractivity contribution is 5.98. The van der Waals surface area contributed by atoms with Crippen LogP contribution >= 0.6 is 0 Å². The van der Waals surface area contributed by atoms with E-state index in [1.807, 2.05) is 11.0 Å². The molecule has 2 aliphatic rings. The Labute approximate surface area is 160 Å². The fraction of sp³-hybridized carbons (Fsp3) is 0.650. The molecule has 1 aromatic heterocycles. The molecular weight excluding hydrogens is 344 g/mol. The molecular formula is C20H30N4O3. The number of carbonyl (C=O) groups excluding carboxylic acids is 2. The summed E-state index contributed by atoms with van der Waals surface area (Å²) in [6, 6.07) is 1.62. The summed E-state index contributed by atoms with van der Waals surface area (Å²) in [4.78, 5) is 31.5. The van der Waals surface area contributed by atoms with Crippen molar-refractivity contribution in [1.82, 2.24) is 15.2 Å². The highest BCUT2D eigenvalue weighted by atomic mass is 16.5. The Morgan fingerprint density at radius 1 is 1.44 bits per heavy atom. The standard InChI is InChI=1S/C20H30N4O3/c1-3-4-9-16(21)18(25)22-11-13-10-15-17(23-19(13)27-2)12-24(20(15)26)14-7-5-6-8-14/h10,14,16H,3-9,11-12,21H2,1-2H3,(H,22,25)/t16-/m0/s1. The predicted molar refractivity (Wildman–Crippen MR) is 102 cm³/mol. The molecule has 0 saturated heterocycles. The molecule has 1 aromatic rings. The second kappa shape index (κ2) is 8.69. The van der Waals surface area contributed by atoms with Crippen LogP contribution in [0.2, 0.25) is 0 Å². The minimum Gasteiger partial charge on any atom is -0.481 e. The third-order valence-electron chi connectivity index (χ3n) is 5.57. The molecule has 1 aliphatic heterocycles. The second-order valence-corrected chi connectivity index (χ2v) is 7.49. The molecule has 1 atom stereocenters. The summed E-state index contributed by atoms with van der Waals surface area (Å²) in [6.07, 6.45) is 7.07. The molecule has 1 aliphatic carbocycles. The van der Waals surface area contributed by atoms with Crippen molar-refractivity contribution in [3.05, 3.63) is 22.9 Å². The predicted octanol–water partition coefficient (Wildman–Crippen LogP) is 2.12. The number of nitrogens with two attached hydrogens (primary N) is 1. The van der Waals surface area contributed by atoms with Gasteiger partial charge in [-0.2, -0.15) is 0 Å². The number of fused-ring (bicyclic) bond motifs is 1. The van der Waals surface area contributed by atoms with Crippen LogP contribution in [-0.2, 0) is 17.9 Å². The summed E-state index contributed by atoms with van der Waals surface area (Å²) in [5.74, 6) is 0.307. The average molecular weight is 374 g/mol. The molecule has 0 radical (unpaired) electrons. The zero-order chi connectivity index (χ0) is 19.4. The number of amides is 2. The van der Waals surface area contributed by atoms with E-state index < -0.39 is 6.04 Å². The van der Waals surface area contributed by atoms with Crippen LogP contribution in [0.15, 0.2) is 6.07 Å². The third-order valence-corrected chi connectivity index (χ3v) is 5.57. The molecule has 1 saturated carbocycles. The van der Waals surface area contributed by atoms with E-state index in [2.05, 4.69) is 17.2 Å². The highest BCUT2D eigenvalue weighted by Crippen LogP contribution is 2.33. The molecule has 0 aromatic carbocycles. The Morgan fingerprint density at radius 2 is 2.19 bits per heavy atom. The van der Waals surface area contributed by atoms with E-state index in [0.29, 0.717) is 36.0 Å². The Hall–Kier alpha value is -2.15. The van der Waals surface area contributed by atoms with E-state index in [9.17, 15) is 9.59 Å². The minimum absolute atomic E-state index is 0.0410. The van der Waals surface area contributed by atoms with Crippen LogP contribution in [-0.4, -0.2) is 40.9 Å². The van der Waals surface area contributed by atoms with Crippen LogP contribution in [0.5, 0.6) is 5.88 Å². The van der Waals surface area contributed by atoms with Crippen LogP contribution in [0, 0.1) is 0 Å². The Balaban J connectivity index is 1.70. The maximum absolute atomic E-state index is 12.8. The maximum atomic E-state index is 12.8. The summed E-state index contributed by atoms with van der Waals surface area (Å²) in [7, 11) is 1.55. The summed E-state index contributed by atoms with van der Waals surface area (Å²) >= 11 is 0. The van der Waals surface area contributed by atoms with Gasteiger partial charge in [-0.15, -0.1) is 0 Å². The number of nitrogens with one attached hydrogen (secondary N) is 1. The average Bonchev–Trinajstić information content (AvgIpc) is 3.31. The lowest BCUT2D eigenvalue weighted by Crippen LogP contribution is -2.40. The molecule has 27 heavy (non-hydrogen) atoms. The normalized spacial score (nSPS) is 17.9. The van der Waals surface area contributed by atoms with E-state index in [1.165, 1.54) is 12.8 Å². The van der Waals surface area contributed by atoms with Gasteiger partial charge in [-0.05, 0) is 25.3 Å². The molecule has 2 heterocycles. The Morgan fingerprint density at radius 3 is 2.85 bits per heavy atom. The monoisotopic (exact) mass is 374 g/mol. The van der Waals surface area contributed by atoms with Crippen molar-refractivity contribution in [2.24, 2.45) is 5.73 Å². The molecule has 2 amide bonds. The summed E-state index contributed by atoms with van der Waals surface area (Å²) < 4.78 is 5.40. The van der Waals surface area contributed by atoms with Crippen LogP contribution in [0.3, 0.4) is 0 Å². The first-order valence-corrected chi connectivity index (χ1v) is 9.96. The number of pyridine rings is 1. The Kier molecular flexibility index (Phi) is 6.31. The minimum atomic E-state index is -0.516. The first-order valence-electron chi connectivity index (χ1n) is 9.96. The van der Waals surface area contributed by atoms with Crippen molar-refractivity contribution in [3.63, 3.8) is 0 Å². The van der Waals surface area contributed by atoms with Crippen LogP contribution < -0.4 is 15.8 Å². The number of carbonyl (C=O) groups is 2. The van der Waals surface area contributed by atoms with Crippen molar-refractivity contribution < 1.29 is 14.3 Å². The van der Waals surface area contributed by atoms with Gasteiger partial charge in [-0.25, -0.2) is 4.98 Å². The molecule has 148 valence electrons. The number of nitrogens with zero attached hydrogens (tertiary/aromatic N) is 2. The van der Waals surface area contributed by atoms with Crippen molar-refractivity contribution >= 4 is 11.8 Å². The first-order chi connectivity index (χ1) is 13.0. The van der Waals surface area contributed by atoms with Crippen molar-refractivity contribution in [1.29, 1.82) is 0 Å². The van der Waals surface area contributed by atoms with E-state index in [4.69, 9.17) is 10.5 Å². The lowest BCUT2D eigenvalue weighted by atomic mass is 10.1. The number of methoxy groups -OCH3 is 1. The van der Waals surface area contributed by atoms with Gasteiger partial charge in [0.1, 0.15) is 0 Å². The van der Waals surface area contributed by atoms with E-state index in [1.54, 1.807) is 7.11 Å². The van der Waals surface area contributed by atoms with Gasteiger partial charge < -0.3 is 20.7 Å². The van der Waals surface area contributed by atoms with Gasteiger partial charge in [0, 0.05) is 18.2 Å². The van der Waals surface area contributed by atoms with Gasteiger partial charge in [-0.1, -0.05) is 32.6 Å². The molecule has 7 heteroatoms. The number of aromatic nitrogens is 1. The van der Waals surface area contributed by atoms with Crippen molar-refractivity contribution in [2.75, 3.05) is 7.11 Å². The van der Waals surface area contributed by atoms with Gasteiger partial charge >= 0.3 is 0 Å². The van der Waals surface area contributed by atoms with Crippen molar-refractivity contribution in [2.45, 2.75) is 77.0 Å². The zero-order valence-electron chi connectivity index (χ0n) is 16.3. The summed E-state index contributed by atoms with van der Waals surface area (Å²) in [5, 5.41) is 2.85. The smallest absolute Gasteiger partial charge is 0.256 e. The Bertz CT molecular complexity index is 701. The number of rotatable bonds is 8. The topological polar surface area (TPSA) is 97.6 Å². The number of unbranched alkanes of at least 4 members (excludes halogenated alkanes) is 1. The van der Waals surface area contributed by atoms with Crippen LogP contribution in [0.1, 0.15) is 73.5 Å². The lowest BCUT2D eigenvalue weighted by Gasteiger charge is -2.22. The quantitative estimate of drug-likeness (QED) is 0.726. The molecule has 1 fully saturated rings. The fourth-order valence-corrected chi connectivity index (χ4v) is 3.95. The molecule has 0 bridgehead atoms. The maximum Gasteiger partial charge on any atom is 0.256 e. The van der Waals surface area contributed by atoms with E-state index >= 15 is 0 Å². The van der Waals surface area contributed by atoms with Gasteiger partial charge in [-0.3, -0.25) is 9.59 Å². The molecule has 0 spiro atoms. The van der Waals surface area contributed by atoms with Gasteiger partial charge in [0.15, 0.2) is 0 Å². The number of ether oxygens (including phenoxy) is 1. The largest absolute Gasteiger partial charge is 0.481 e. The molecule has 0 unspecified atom stereocenters. The fourth-order valence-electron chi connectivity index (χ4n) is 3.95. The first kappa shape index (κ1) is 19.6. The third kappa shape index (κ3) is 4.24. The summed E-state index contributed by atoms with van der Waals surface area (Å²) in [5.41, 5.74) is 8.01. The number of hydrogen-bond donors (Lipinski definition) is 2. The van der Waals surface area contributed by atoms with Gasteiger partial charge in [0.2, 0.25) is 11.8 Å². The second-order valence-electron chi connectivity index (χ2n) is 7.49. The van der Waals surface area contributed by atoms with Crippen LogP contribution in [0.4, 0.5) is 0 Å². The van der Waals surface area contributed by atoms with Crippen LogP contribution in [0.25, 0.3) is 0 Å². The van der Waals surface area contributed by atoms with E-state index in [0.717, 1.165) is 31.4 Å². The van der Waals surface area contributed by atoms with Gasteiger partial charge in [0.25, 0.3) is 5.91 Å². The van der Waals surface area contributed by atoms with Crippen molar-refractivity contribution in [3.8, 4) is 5.88 Å². The molecule has 3 N–H and O–H groups in total. The molecule has 7 nitrogen and oxygen atoms in total.